The van der Waals surface area contributed by atoms with Gasteiger partial charge in [0, 0.05) is 18.8 Å². The first-order valence-corrected chi connectivity index (χ1v) is 7.51. The molecule has 118 valence electrons. The highest BCUT2D eigenvalue weighted by molar-refractivity contribution is 7.71. The zero-order valence-corrected chi connectivity index (χ0v) is 13.9. The van der Waals surface area contributed by atoms with Gasteiger partial charge in [0.2, 0.25) is 5.88 Å². The van der Waals surface area contributed by atoms with Gasteiger partial charge in [-0.2, -0.15) is 0 Å². The van der Waals surface area contributed by atoms with Crippen molar-refractivity contribution in [1.29, 1.82) is 0 Å². The minimum Gasteiger partial charge on any atom is -0.494 e. The van der Waals surface area contributed by atoms with Gasteiger partial charge in [-0.25, -0.2) is 0 Å². The fourth-order valence-electron chi connectivity index (χ4n) is 1.89. The molecule has 0 aliphatic heterocycles. The van der Waals surface area contributed by atoms with E-state index in [-0.39, 0.29) is 22.3 Å². The average molecular weight is 312 g/mol. The topological polar surface area (TPSA) is 73.6 Å². The van der Waals surface area contributed by atoms with E-state index in [1.54, 1.807) is 4.57 Å². The van der Waals surface area contributed by atoms with Gasteiger partial charge in [0.15, 0.2) is 4.77 Å². The number of hydrogen-bond donors (Lipinski definition) is 2. The Morgan fingerprint density at radius 2 is 2.19 bits per heavy atom. The van der Waals surface area contributed by atoms with Crippen molar-refractivity contribution in [1.82, 2.24) is 14.5 Å². The van der Waals surface area contributed by atoms with E-state index in [1.807, 2.05) is 27.9 Å². The van der Waals surface area contributed by atoms with Crippen LogP contribution in [0, 0.1) is 4.77 Å². The average Bonchev–Trinajstić information content (AvgIpc) is 2.40. The van der Waals surface area contributed by atoms with Gasteiger partial charge in [-0.05, 0) is 52.6 Å². The van der Waals surface area contributed by atoms with Gasteiger partial charge in [0.25, 0.3) is 5.56 Å². The maximum absolute atomic E-state index is 11.9. The smallest absolute Gasteiger partial charge is 0.264 e. The fraction of sp³-hybridized carbons (Fsp3) is 0.643. The van der Waals surface area contributed by atoms with Crippen LogP contribution in [-0.4, -0.2) is 53.0 Å². The molecule has 1 rings (SSSR count). The number of hydrogen-bond acceptors (Lipinski definition) is 5. The molecule has 2 N–H and O–H groups in total. The molecule has 0 fully saturated rings. The summed E-state index contributed by atoms with van der Waals surface area (Å²) in [6, 6.07) is 0.00948. The Kier molecular flexibility index (Phi) is 6.77. The first-order chi connectivity index (χ1) is 9.88. The van der Waals surface area contributed by atoms with Gasteiger partial charge in [-0.3, -0.25) is 19.3 Å². The molecule has 0 aliphatic rings. The minimum absolute atomic E-state index is 0.00948. The molecule has 0 bridgehead atoms. The van der Waals surface area contributed by atoms with Gasteiger partial charge >= 0.3 is 0 Å². The van der Waals surface area contributed by atoms with Crippen LogP contribution in [0.1, 0.15) is 38.3 Å². The molecule has 7 heteroatoms. The highest BCUT2D eigenvalue weighted by Gasteiger charge is 2.14. The van der Waals surface area contributed by atoms with Crippen molar-refractivity contribution in [2.75, 3.05) is 27.2 Å². The molecule has 0 unspecified atom stereocenters. The zero-order valence-electron chi connectivity index (χ0n) is 13.1. The number of nitrogens with one attached hydrogen (secondary N) is 1. The largest absolute Gasteiger partial charge is 0.494 e. The molecule has 0 saturated carbocycles. The molecule has 1 atom stereocenters. The second-order valence-corrected chi connectivity index (χ2v) is 5.70. The van der Waals surface area contributed by atoms with Crippen molar-refractivity contribution >= 4 is 18.4 Å². The van der Waals surface area contributed by atoms with Gasteiger partial charge in [-0.15, -0.1) is 0 Å². The quantitative estimate of drug-likeness (QED) is 0.458. The van der Waals surface area contributed by atoms with Crippen molar-refractivity contribution in [2.45, 2.75) is 32.7 Å². The van der Waals surface area contributed by atoms with Crippen LogP contribution >= 0.6 is 12.2 Å². The van der Waals surface area contributed by atoms with Crippen LogP contribution < -0.4 is 5.56 Å². The Morgan fingerprint density at radius 1 is 1.52 bits per heavy atom. The molecule has 0 aliphatic carbocycles. The molecule has 1 heterocycles. The number of rotatable bonds is 7. The molecule has 0 radical (unpaired) electrons. The summed E-state index contributed by atoms with van der Waals surface area (Å²) in [7, 11) is 4.00. The number of aliphatic imine (C=N–C) groups is 1. The second kappa shape index (κ2) is 8.09. The lowest BCUT2D eigenvalue weighted by atomic mass is 10.2. The third kappa shape index (κ3) is 4.78. The zero-order chi connectivity index (χ0) is 16.0. The van der Waals surface area contributed by atoms with Crippen LogP contribution in [0.3, 0.4) is 0 Å². The summed E-state index contributed by atoms with van der Waals surface area (Å²) in [5.74, 6) is -0.116. The van der Waals surface area contributed by atoms with E-state index in [2.05, 4.69) is 14.9 Å². The van der Waals surface area contributed by atoms with E-state index < -0.39 is 5.56 Å². The van der Waals surface area contributed by atoms with Crippen LogP contribution in [0.5, 0.6) is 5.88 Å². The molecule has 0 amide bonds. The number of H-pyrrole nitrogens is 1. The predicted octanol–water partition coefficient (Wildman–Crippen LogP) is 1.95. The number of aromatic amines is 1. The first-order valence-electron chi connectivity index (χ1n) is 7.10. The summed E-state index contributed by atoms with van der Waals surface area (Å²) in [4.78, 5) is 20.8. The highest BCUT2D eigenvalue weighted by Crippen LogP contribution is 2.19. The maximum Gasteiger partial charge on any atom is 0.264 e. The second-order valence-electron chi connectivity index (χ2n) is 5.32. The first kappa shape index (κ1) is 17.6. The van der Waals surface area contributed by atoms with Crippen molar-refractivity contribution in [3.8, 4) is 5.88 Å². The summed E-state index contributed by atoms with van der Waals surface area (Å²) in [5.41, 5.74) is -0.248. The molecular formula is C14H24N4O2S. The standard InChI is InChI=1S/C14H24N4O2S/c1-5-10(2)18-13(20)11(12(19)16-14(18)21)9-15-7-6-8-17(3)4/h9-10,20H,5-8H2,1-4H3,(H,16,19,21)/t10-/m1/s1. The molecule has 0 spiro atoms. The lowest BCUT2D eigenvalue weighted by Gasteiger charge is -2.16. The van der Waals surface area contributed by atoms with Gasteiger partial charge in [-0.1, -0.05) is 6.92 Å². The summed E-state index contributed by atoms with van der Waals surface area (Å²) in [6.45, 7) is 5.46. The Hall–Kier alpha value is -1.47. The van der Waals surface area contributed by atoms with Crippen LogP contribution in [0.4, 0.5) is 0 Å². The summed E-state index contributed by atoms with van der Waals surface area (Å²) in [5, 5.41) is 10.3. The van der Waals surface area contributed by atoms with E-state index in [0.717, 1.165) is 19.4 Å². The number of nitrogens with zero attached hydrogens (tertiary/aromatic N) is 3. The van der Waals surface area contributed by atoms with Crippen LogP contribution in [-0.2, 0) is 0 Å². The van der Waals surface area contributed by atoms with Crippen molar-refractivity contribution in [3.63, 3.8) is 0 Å². The molecule has 1 aromatic rings. The Morgan fingerprint density at radius 3 is 2.76 bits per heavy atom. The van der Waals surface area contributed by atoms with E-state index in [4.69, 9.17) is 12.2 Å². The Balaban J connectivity index is 3.00. The fourth-order valence-corrected chi connectivity index (χ4v) is 2.25. The highest BCUT2D eigenvalue weighted by atomic mass is 32.1. The SMILES string of the molecule is CC[C@@H](C)n1c(O)c(C=NCCCN(C)C)c(=O)[nH]c1=S. The van der Waals surface area contributed by atoms with Gasteiger partial charge < -0.3 is 10.0 Å². The lowest BCUT2D eigenvalue weighted by molar-refractivity contribution is 0.371. The van der Waals surface area contributed by atoms with Crippen molar-refractivity contribution < 1.29 is 5.11 Å². The maximum atomic E-state index is 11.9. The molecule has 21 heavy (non-hydrogen) atoms. The van der Waals surface area contributed by atoms with E-state index >= 15 is 0 Å². The minimum atomic E-state index is -0.409. The summed E-state index contributed by atoms with van der Waals surface area (Å²) >= 11 is 5.11. The van der Waals surface area contributed by atoms with E-state index in [0.29, 0.717) is 6.54 Å². The number of aromatic hydroxyl groups is 1. The van der Waals surface area contributed by atoms with Gasteiger partial charge in [0.05, 0.1) is 0 Å². The van der Waals surface area contributed by atoms with E-state index in [9.17, 15) is 9.90 Å². The summed E-state index contributed by atoms with van der Waals surface area (Å²) < 4.78 is 1.79. The molecular weight excluding hydrogens is 288 g/mol. The molecule has 0 aromatic carbocycles. The molecule has 1 aromatic heterocycles. The third-order valence-electron chi connectivity index (χ3n) is 3.30. The van der Waals surface area contributed by atoms with Crippen molar-refractivity contribution in [3.05, 3.63) is 20.7 Å². The van der Waals surface area contributed by atoms with Crippen LogP contribution in [0.25, 0.3) is 0 Å². The predicted molar refractivity (Wildman–Crippen MR) is 88.2 cm³/mol. The van der Waals surface area contributed by atoms with Crippen molar-refractivity contribution in [2.24, 2.45) is 4.99 Å². The van der Waals surface area contributed by atoms with Crippen LogP contribution in [0.2, 0.25) is 0 Å². The monoisotopic (exact) mass is 312 g/mol. The normalized spacial score (nSPS) is 13.2. The lowest BCUT2D eigenvalue weighted by Crippen LogP contribution is -2.20. The Labute approximate surface area is 130 Å². The molecule has 6 nitrogen and oxygen atoms in total. The molecule has 0 saturated heterocycles. The van der Waals surface area contributed by atoms with Gasteiger partial charge in [0.1, 0.15) is 5.56 Å². The Bertz CT molecular complexity index is 604. The summed E-state index contributed by atoms with van der Waals surface area (Å²) in [6.07, 6.45) is 3.12. The third-order valence-corrected chi connectivity index (χ3v) is 3.60. The van der Waals surface area contributed by atoms with Crippen LogP contribution in [0.15, 0.2) is 9.79 Å². The van der Waals surface area contributed by atoms with E-state index in [1.165, 1.54) is 6.21 Å². The number of aromatic nitrogens is 2.